The second kappa shape index (κ2) is 6.17. The van der Waals surface area contributed by atoms with Gasteiger partial charge in [-0.25, -0.2) is 4.90 Å². The molecule has 19 heavy (non-hydrogen) atoms. The van der Waals surface area contributed by atoms with Crippen LogP contribution in [0.25, 0.3) is 0 Å². The van der Waals surface area contributed by atoms with Gasteiger partial charge in [-0.15, -0.1) is 10.2 Å². The van der Waals surface area contributed by atoms with Crippen LogP contribution >= 0.6 is 35.3 Å². The molecule has 2 heterocycles. The number of carbonyl (C=O) groups is 3. The zero-order chi connectivity index (χ0) is 13.8. The predicted molar refractivity (Wildman–Crippen MR) is 74.7 cm³/mol. The van der Waals surface area contributed by atoms with E-state index in [0.717, 1.165) is 16.7 Å². The Morgan fingerprint density at radius 2 is 2.16 bits per heavy atom. The van der Waals surface area contributed by atoms with E-state index in [1.54, 1.807) is 0 Å². The average molecular weight is 316 g/mol. The van der Waals surface area contributed by atoms with Gasteiger partial charge in [0.2, 0.25) is 22.9 Å². The molecule has 1 aromatic heterocycles. The molecule has 7 nitrogen and oxygen atoms in total. The maximum absolute atomic E-state index is 11.6. The topological polar surface area (TPSA) is 92.3 Å². The summed E-state index contributed by atoms with van der Waals surface area (Å²) in [6.07, 6.45) is 0.354. The van der Waals surface area contributed by atoms with E-state index < -0.39 is 0 Å². The number of anilines is 1. The molecular formula is C9H8N4O3S3. The number of thiocarbonyl (C=S) groups is 1. The summed E-state index contributed by atoms with van der Waals surface area (Å²) in [7, 11) is 0. The summed E-state index contributed by atoms with van der Waals surface area (Å²) in [5.74, 6) is -0.933. The average Bonchev–Trinajstić information content (AvgIpc) is 2.97. The SMILES string of the molecule is O=C(CSC(=S)N1C(=O)CCC1=O)Nc1nncs1. The fraction of sp³-hybridized carbons (Fsp3) is 0.333. The van der Waals surface area contributed by atoms with Gasteiger partial charge in [-0.05, 0) is 0 Å². The molecule has 0 atom stereocenters. The Bertz CT molecular complexity index is 515. The Kier molecular flexibility index (Phi) is 4.56. The highest BCUT2D eigenvalue weighted by atomic mass is 32.2. The maximum Gasteiger partial charge on any atom is 0.236 e. The lowest BCUT2D eigenvalue weighted by Crippen LogP contribution is -2.33. The zero-order valence-electron chi connectivity index (χ0n) is 9.49. The molecule has 1 aliphatic rings. The standard InChI is InChI=1S/C9H8N4O3S3/c14-5(11-8-12-10-4-19-8)3-18-9(17)13-6(15)1-2-7(13)16/h4H,1-3H2,(H,11,12,14). The van der Waals surface area contributed by atoms with Crippen molar-refractivity contribution in [2.75, 3.05) is 11.1 Å². The summed E-state index contributed by atoms with van der Waals surface area (Å²) in [5, 5.41) is 10.2. The number of hydrogen-bond acceptors (Lipinski definition) is 8. The Hall–Kier alpha value is -1.39. The third-order valence-corrected chi connectivity index (χ3v) is 4.15. The van der Waals surface area contributed by atoms with Crippen molar-refractivity contribution in [1.29, 1.82) is 0 Å². The Morgan fingerprint density at radius 1 is 1.47 bits per heavy atom. The van der Waals surface area contributed by atoms with Crippen molar-refractivity contribution in [3.63, 3.8) is 0 Å². The van der Waals surface area contributed by atoms with E-state index in [1.165, 1.54) is 16.8 Å². The first-order valence-corrected chi connectivity index (χ1v) is 7.44. The minimum absolute atomic E-state index is 0.00940. The van der Waals surface area contributed by atoms with Crippen LogP contribution in [0.1, 0.15) is 12.8 Å². The second-order valence-electron chi connectivity index (χ2n) is 3.47. The van der Waals surface area contributed by atoms with Gasteiger partial charge in [0.25, 0.3) is 0 Å². The predicted octanol–water partition coefficient (Wildman–Crippen LogP) is 0.644. The van der Waals surface area contributed by atoms with Crippen LogP contribution in [-0.4, -0.2) is 42.9 Å². The zero-order valence-corrected chi connectivity index (χ0v) is 11.9. The minimum atomic E-state index is -0.316. The van der Waals surface area contributed by atoms with Gasteiger partial charge in [0.05, 0.1) is 5.75 Å². The molecule has 100 valence electrons. The van der Waals surface area contributed by atoms with Crippen LogP contribution in [-0.2, 0) is 14.4 Å². The highest BCUT2D eigenvalue weighted by molar-refractivity contribution is 8.23. The van der Waals surface area contributed by atoms with Crippen molar-refractivity contribution in [3.05, 3.63) is 5.51 Å². The number of nitrogens with one attached hydrogen (secondary N) is 1. The third-order valence-electron chi connectivity index (χ3n) is 2.17. The molecule has 0 aliphatic carbocycles. The van der Waals surface area contributed by atoms with E-state index in [4.69, 9.17) is 12.2 Å². The molecular weight excluding hydrogens is 308 g/mol. The Morgan fingerprint density at radius 3 is 2.74 bits per heavy atom. The molecule has 1 aromatic rings. The number of amides is 3. The molecule has 2 rings (SSSR count). The smallest absolute Gasteiger partial charge is 0.236 e. The van der Waals surface area contributed by atoms with Crippen molar-refractivity contribution in [2.24, 2.45) is 0 Å². The summed E-state index contributed by atoms with van der Waals surface area (Å²) in [6, 6.07) is 0. The molecule has 1 N–H and O–H groups in total. The first-order valence-electron chi connectivity index (χ1n) is 5.16. The summed E-state index contributed by atoms with van der Waals surface area (Å²) >= 11 is 7.14. The van der Waals surface area contributed by atoms with Crippen molar-refractivity contribution in [1.82, 2.24) is 15.1 Å². The molecule has 0 saturated carbocycles. The van der Waals surface area contributed by atoms with E-state index in [0.29, 0.717) is 5.13 Å². The molecule has 1 fully saturated rings. The lowest BCUT2D eigenvalue weighted by molar-refractivity contribution is -0.133. The molecule has 10 heteroatoms. The number of aromatic nitrogens is 2. The van der Waals surface area contributed by atoms with Crippen LogP contribution in [0.2, 0.25) is 0 Å². The van der Waals surface area contributed by atoms with E-state index in [1.807, 2.05) is 0 Å². The third kappa shape index (κ3) is 3.55. The van der Waals surface area contributed by atoms with Gasteiger partial charge in [0, 0.05) is 12.8 Å². The van der Waals surface area contributed by atoms with Crippen LogP contribution < -0.4 is 5.32 Å². The monoisotopic (exact) mass is 316 g/mol. The van der Waals surface area contributed by atoms with Gasteiger partial charge < -0.3 is 0 Å². The van der Waals surface area contributed by atoms with Crippen LogP contribution in [0.5, 0.6) is 0 Å². The highest BCUT2D eigenvalue weighted by Crippen LogP contribution is 2.19. The van der Waals surface area contributed by atoms with Crippen LogP contribution in [0.3, 0.4) is 0 Å². The maximum atomic E-state index is 11.6. The van der Waals surface area contributed by atoms with E-state index in [2.05, 4.69) is 15.5 Å². The molecule has 0 spiro atoms. The van der Waals surface area contributed by atoms with Crippen LogP contribution in [0.4, 0.5) is 5.13 Å². The van der Waals surface area contributed by atoms with Gasteiger partial charge in [0.1, 0.15) is 9.83 Å². The minimum Gasteiger partial charge on any atom is -0.300 e. The summed E-state index contributed by atoms with van der Waals surface area (Å²) in [4.78, 5) is 35.3. The van der Waals surface area contributed by atoms with Crippen molar-refractivity contribution in [2.45, 2.75) is 12.8 Å². The molecule has 0 radical (unpaired) electrons. The van der Waals surface area contributed by atoms with Crippen molar-refractivity contribution >= 4 is 62.5 Å². The van der Waals surface area contributed by atoms with Crippen molar-refractivity contribution < 1.29 is 14.4 Å². The lowest BCUT2D eigenvalue weighted by atomic mass is 10.4. The fourth-order valence-corrected chi connectivity index (χ4v) is 2.86. The summed E-state index contributed by atoms with van der Waals surface area (Å²) in [5.41, 5.74) is 1.49. The first-order chi connectivity index (χ1) is 9.08. The molecule has 3 amide bonds. The Labute approximate surface area is 121 Å². The molecule has 1 saturated heterocycles. The fourth-order valence-electron chi connectivity index (χ4n) is 1.35. The molecule has 0 aromatic carbocycles. The number of likely N-dealkylation sites (tertiary alicyclic amines) is 1. The van der Waals surface area contributed by atoms with Gasteiger partial charge in [-0.2, -0.15) is 0 Å². The molecule has 1 aliphatic heterocycles. The largest absolute Gasteiger partial charge is 0.300 e. The Balaban J connectivity index is 1.82. The van der Waals surface area contributed by atoms with E-state index in [-0.39, 0.29) is 40.6 Å². The van der Waals surface area contributed by atoms with Crippen LogP contribution in [0.15, 0.2) is 5.51 Å². The van der Waals surface area contributed by atoms with Gasteiger partial charge in [-0.1, -0.05) is 35.3 Å². The number of hydrogen-bond donors (Lipinski definition) is 1. The number of imide groups is 1. The normalized spacial score (nSPS) is 14.8. The van der Waals surface area contributed by atoms with Gasteiger partial charge in [-0.3, -0.25) is 19.7 Å². The first kappa shape index (κ1) is 14.0. The van der Waals surface area contributed by atoms with Gasteiger partial charge >= 0.3 is 0 Å². The highest BCUT2D eigenvalue weighted by Gasteiger charge is 2.32. The van der Waals surface area contributed by atoms with E-state index >= 15 is 0 Å². The molecule has 0 bridgehead atoms. The second-order valence-corrected chi connectivity index (χ2v) is 5.91. The van der Waals surface area contributed by atoms with Crippen molar-refractivity contribution in [3.8, 4) is 0 Å². The lowest BCUT2D eigenvalue weighted by Gasteiger charge is -2.13. The number of nitrogens with zero attached hydrogens (tertiary/aromatic N) is 3. The number of thioether (sulfide) groups is 1. The summed E-state index contributed by atoms with van der Waals surface area (Å²) in [6.45, 7) is 0. The van der Waals surface area contributed by atoms with E-state index in [9.17, 15) is 14.4 Å². The van der Waals surface area contributed by atoms with Crippen LogP contribution in [0, 0.1) is 0 Å². The molecule has 0 unspecified atom stereocenters. The quantitative estimate of drug-likeness (QED) is 0.646. The summed E-state index contributed by atoms with van der Waals surface area (Å²) < 4.78 is 0.111. The van der Waals surface area contributed by atoms with Gasteiger partial charge in [0.15, 0.2) is 0 Å². The number of carbonyl (C=O) groups excluding carboxylic acids is 3. The number of rotatable bonds is 3.